The summed E-state index contributed by atoms with van der Waals surface area (Å²) in [6.45, 7) is -0.624. The second-order valence-electron chi connectivity index (χ2n) is 13.1. The van der Waals surface area contributed by atoms with E-state index in [-0.39, 0.29) is 25.7 Å². The predicted octanol–water partition coefficient (Wildman–Crippen LogP) is 4.67. The molecule has 0 radical (unpaired) electrons. The number of allylic oxidation sites excluding steroid dienone is 3. The van der Waals surface area contributed by atoms with E-state index in [4.69, 9.17) is 4.74 Å². The van der Waals surface area contributed by atoms with E-state index in [0.717, 1.165) is 23.1 Å². The van der Waals surface area contributed by atoms with Crippen molar-refractivity contribution in [1.82, 2.24) is 0 Å². The summed E-state index contributed by atoms with van der Waals surface area (Å²) in [5.41, 5.74) is 4.33. The Morgan fingerprint density at radius 1 is 0.902 bits per heavy atom. The van der Waals surface area contributed by atoms with E-state index in [0.29, 0.717) is 16.7 Å². The van der Waals surface area contributed by atoms with Crippen LogP contribution in [0.4, 0.5) is 10.1 Å². The van der Waals surface area contributed by atoms with Gasteiger partial charge in [-0.3, -0.25) is 0 Å². The molecule has 1 aliphatic heterocycles. The molecule has 10 nitrogen and oxygen atoms in total. The van der Waals surface area contributed by atoms with Gasteiger partial charge in [-0.25, -0.2) is 4.39 Å². The van der Waals surface area contributed by atoms with E-state index >= 15 is 0 Å². The number of ether oxygens (including phenoxy) is 1. The highest BCUT2D eigenvalue weighted by Gasteiger charge is 2.46. The summed E-state index contributed by atoms with van der Waals surface area (Å²) in [6.07, 6.45) is -0.557. The third kappa shape index (κ3) is 8.93. The van der Waals surface area contributed by atoms with Crippen molar-refractivity contribution in [3.05, 3.63) is 136 Å². The number of rotatable bonds is 15. The fourth-order valence-corrected chi connectivity index (χ4v) is 7.07. The SMILES string of the molecule is CN(c1ccccc1)C(C1=C(C(O)CC2OC(CO)C(N=O)C(O)C2O)CC=C(c2ccccc2)C=C1)C(C=O)CCC(O)c1ccc(F)cc1. The van der Waals surface area contributed by atoms with Crippen LogP contribution in [0.25, 0.3) is 5.57 Å². The molecule has 9 atom stereocenters. The maximum absolute atomic E-state index is 13.6. The van der Waals surface area contributed by atoms with Crippen LogP contribution in [0, 0.1) is 16.6 Å². The van der Waals surface area contributed by atoms with Gasteiger partial charge in [0.05, 0.1) is 31.0 Å². The molecular weight excluding hydrogens is 655 g/mol. The topological polar surface area (TPSA) is 160 Å². The van der Waals surface area contributed by atoms with Gasteiger partial charge in [0.25, 0.3) is 0 Å². The first kappa shape index (κ1) is 37.9. The van der Waals surface area contributed by atoms with E-state index in [1.54, 1.807) is 0 Å². The quantitative estimate of drug-likeness (QED) is 0.112. The van der Waals surface area contributed by atoms with Crippen molar-refractivity contribution in [2.75, 3.05) is 18.6 Å². The Morgan fingerprint density at radius 2 is 1.57 bits per heavy atom. The third-order valence-electron chi connectivity index (χ3n) is 9.94. The van der Waals surface area contributed by atoms with Crippen molar-refractivity contribution in [3.8, 4) is 0 Å². The highest BCUT2D eigenvalue weighted by molar-refractivity contribution is 5.76. The van der Waals surface area contributed by atoms with Gasteiger partial charge in [0, 0.05) is 25.1 Å². The number of carbonyl (C=O) groups is 1. The second-order valence-corrected chi connectivity index (χ2v) is 13.1. The molecule has 0 amide bonds. The summed E-state index contributed by atoms with van der Waals surface area (Å²) >= 11 is 0. The number of benzene rings is 3. The smallest absolute Gasteiger partial charge is 0.149 e. The van der Waals surface area contributed by atoms with Crippen molar-refractivity contribution >= 4 is 17.5 Å². The Bertz CT molecular complexity index is 1680. The van der Waals surface area contributed by atoms with Crippen LogP contribution in [0.15, 0.2) is 119 Å². The molecule has 5 rings (SSSR count). The van der Waals surface area contributed by atoms with Gasteiger partial charge < -0.3 is 40.0 Å². The molecule has 1 aliphatic carbocycles. The molecule has 0 spiro atoms. The number of hydrogen-bond donors (Lipinski definition) is 5. The summed E-state index contributed by atoms with van der Waals surface area (Å²) < 4.78 is 19.4. The van der Waals surface area contributed by atoms with E-state index in [1.807, 2.05) is 90.8 Å². The first-order chi connectivity index (χ1) is 24.7. The average molecular weight is 701 g/mol. The highest BCUT2D eigenvalue weighted by Crippen LogP contribution is 2.37. The van der Waals surface area contributed by atoms with E-state index in [1.165, 1.54) is 24.3 Å². The predicted molar refractivity (Wildman–Crippen MR) is 192 cm³/mol. The van der Waals surface area contributed by atoms with Gasteiger partial charge in [0.15, 0.2) is 0 Å². The van der Waals surface area contributed by atoms with E-state index < -0.39 is 67.0 Å². The normalized spacial score (nSPS) is 24.5. The van der Waals surface area contributed by atoms with Crippen LogP contribution >= 0.6 is 0 Å². The van der Waals surface area contributed by atoms with Crippen LogP contribution in [0.1, 0.15) is 42.9 Å². The monoisotopic (exact) mass is 700 g/mol. The highest BCUT2D eigenvalue weighted by atomic mass is 19.1. The zero-order chi connectivity index (χ0) is 36.5. The maximum atomic E-state index is 13.6. The summed E-state index contributed by atoms with van der Waals surface area (Å²) in [7, 11) is 1.86. The molecule has 0 aromatic heterocycles. The summed E-state index contributed by atoms with van der Waals surface area (Å²) in [4.78, 5) is 26.4. The van der Waals surface area contributed by atoms with Crippen LogP contribution in [0.5, 0.6) is 0 Å². The summed E-state index contributed by atoms with van der Waals surface area (Å²) in [6, 6.07) is 22.7. The lowest BCUT2D eigenvalue weighted by Gasteiger charge is -2.41. The minimum absolute atomic E-state index is 0.196. The van der Waals surface area contributed by atoms with Crippen molar-refractivity contribution in [2.45, 2.75) is 74.4 Å². The van der Waals surface area contributed by atoms with Crippen LogP contribution < -0.4 is 4.90 Å². The largest absolute Gasteiger partial charge is 0.394 e. The molecule has 3 aromatic rings. The molecule has 1 heterocycles. The lowest BCUT2D eigenvalue weighted by atomic mass is 9.82. The van der Waals surface area contributed by atoms with Crippen molar-refractivity contribution < 1.29 is 39.5 Å². The minimum Gasteiger partial charge on any atom is -0.394 e. The van der Waals surface area contributed by atoms with Gasteiger partial charge in [-0.2, -0.15) is 4.91 Å². The van der Waals surface area contributed by atoms with Gasteiger partial charge in [0.1, 0.15) is 36.5 Å². The molecular formula is C40H45FN2O8. The van der Waals surface area contributed by atoms with Crippen LogP contribution in [0.2, 0.25) is 0 Å². The Hall–Kier alpha value is -4.36. The minimum atomic E-state index is -1.61. The molecule has 3 aromatic carbocycles. The number of aliphatic hydroxyl groups is 5. The molecule has 11 heteroatoms. The number of nitroso groups, excluding NO2 is 1. The molecule has 1 saturated heterocycles. The van der Waals surface area contributed by atoms with Crippen molar-refractivity contribution in [1.29, 1.82) is 0 Å². The summed E-state index contributed by atoms with van der Waals surface area (Å²) in [5, 5.41) is 57.3. The lowest BCUT2D eigenvalue weighted by Crippen LogP contribution is -2.58. The first-order valence-electron chi connectivity index (χ1n) is 17.1. The Balaban J connectivity index is 1.55. The van der Waals surface area contributed by atoms with Gasteiger partial charge >= 0.3 is 0 Å². The fourth-order valence-electron chi connectivity index (χ4n) is 7.07. The number of halogens is 1. The zero-order valence-corrected chi connectivity index (χ0v) is 28.4. The van der Waals surface area contributed by atoms with Crippen molar-refractivity contribution in [3.63, 3.8) is 0 Å². The molecule has 0 bridgehead atoms. The second kappa shape index (κ2) is 17.7. The molecule has 5 N–H and O–H groups in total. The Kier molecular flexibility index (Phi) is 13.2. The first-order valence-corrected chi connectivity index (χ1v) is 17.1. The summed E-state index contributed by atoms with van der Waals surface area (Å²) in [5.74, 6) is -1.11. The number of likely N-dealkylation sites (N-methyl/N-ethyl adjacent to an activating group) is 1. The van der Waals surface area contributed by atoms with E-state index in [2.05, 4.69) is 5.18 Å². The number of carbonyl (C=O) groups excluding carboxylic acids is 1. The van der Waals surface area contributed by atoms with Gasteiger partial charge in [-0.1, -0.05) is 84.1 Å². The Morgan fingerprint density at radius 3 is 2.20 bits per heavy atom. The van der Waals surface area contributed by atoms with Crippen LogP contribution in [-0.2, 0) is 9.53 Å². The number of nitrogens with zero attached hydrogens (tertiary/aromatic N) is 2. The molecule has 270 valence electrons. The number of aliphatic hydroxyl groups excluding tert-OH is 5. The Labute approximate surface area is 296 Å². The average Bonchev–Trinajstić information content (AvgIpc) is 3.39. The van der Waals surface area contributed by atoms with Crippen LogP contribution in [-0.4, -0.2) is 88.1 Å². The lowest BCUT2D eigenvalue weighted by molar-refractivity contribution is -0.192. The molecule has 2 aliphatic rings. The number of aldehydes is 1. The molecule has 51 heavy (non-hydrogen) atoms. The van der Waals surface area contributed by atoms with Gasteiger partial charge in [-0.05, 0) is 71.4 Å². The van der Waals surface area contributed by atoms with E-state index in [9.17, 15) is 39.6 Å². The maximum Gasteiger partial charge on any atom is 0.149 e. The van der Waals surface area contributed by atoms with Crippen molar-refractivity contribution in [2.24, 2.45) is 11.1 Å². The third-order valence-corrected chi connectivity index (χ3v) is 9.94. The number of para-hydroxylation sites is 1. The fraction of sp³-hybridized carbons (Fsp3) is 0.375. The van der Waals surface area contributed by atoms with Crippen LogP contribution in [0.3, 0.4) is 0 Å². The van der Waals surface area contributed by atoms with Gasteiger partial charge in [-0.15, -0.1) is 0 Å². The molecule has 0 saturated carbocycles. The standard InChI is InChI=1S/C40H45FN2O8/c1-43(30-10-6-3-7-11-30)38(28(23-44)16-21-33(46)27-12-17-29(41)18-13-27)32-20-15-26(25-8-4-2-5-9-25)14-19-31(32)34(47)22-35-39(48)40(49)37(42-50)36(24-45)51-35/h2-15,17-18,20,23,28,33-40,45-49H,16,19,21-22,24H2,1H3. The number of hydrogen-bond acceptors (Lipinski definition) is 10. The zero-order valence-electron chi connectivity index (χ0n) is 28.4. The number of anilines is 1. The molecule has 9 unspecified atom stereocenters. The van der Waals surface area contributed by atoms with Gasteiger partial charge in [0.2, 0.25) is 0 Å². The molecule has 1 fully saturated rings.